The van der Waals surface area contributed by atoms with E-state index in [1.165, 1.54) is 5.57 Å². The summed E-state index contributed by atoms with van der Waals surface area (Å²) < 4.78 is 5.39. The molecule has 0 spiro atoms. The standard InChI is InChI=1S/C16H20O2/c1-2-13-9-6-10-15(11-13)16(17)18-12-14-7-4-3-5-8-14/h3-5,7-9,15H,2,6,10-12H2,1H3. The second-order valence-corrected chi connectivity index (χ2v) is 4.79. The molecule has 1 aliphatic carbocycles. The van der Waals surface area contributed by atoms with E-state index in [2.05, 4.69) is 13.0 Å². The van der Waals surface area contributed by atoms with E-state index in [1.807, 2.05) is 30.3 Å². The van der Waals surface area contributed by atoms with E-state index in [-0.39, 0.29) is 11.9 Å². The summed E-state index contributed by atoms with van der Waals surface area (Å²) in [6, 6.07) is 9.84. The van der Waals surface area contributed by atoms with Crippen LogP contribution in [0.2, 0.25) is 0 Å². The van der Waals surface area contributed by atoms with Crippen LogP contribution in [-0.4, -0.2) is 5.97 Å². The van der Waals surface area contributed by atoms with Crippen LogP contribution in [0.1, 0.15) is 38.2 Å². The second-order valence-electron chi connectivity index (χ2n) is 4.79. The van der Waals surface area contributed by atoms with Gasteiger partial charge in [0, 0.05) is 0 Å². The van der Waals surface area contributed by atoms with E-state index in [4.69, 9.17) is 4.74 Å². The minimum Gasteiger partial charge on any atom is -0.461 e. The Hall–Kier alpha value is -1.57. The van der Waals surface area contributed by atoms with Gasteiger partial charge >= 0.3 is 5.97 Å². The summed E-state index contributed by atoms with van der Waals surface area (Å²) in [5, 5.41) is 0. The van der Waals surface area contributed by atoms with Gasteiger partial charge in [0.25, 0.3) is 0 Å². The van der Waals surface area contributed by atoms with Crippen LogP contribution < -0.4 is 0 Å². The molecular formula is C16H20O2. The SMILES string of the molecule is CCC1=CCCC(C(=O)OCc2ccccc2)C1. The molecule has 1 aromatic carbocycles. The van der Waals surface area contributed by atoms with Crippen LogP contribution >= 0.6 is 0 Å². The average Bonchev–Trinajstić information content (AvgIpc) is 2.46. The van der Waals surface area contributed by atoms with Crippen LogP contribution in [0.15, 0.2) is 42.0 Å². The molecule has 0 saturated heterocycles. The van der Waals surface area contributed by atoms with Crippen molar-refractivity contribution >= 4 is 5.97 Å². The molecule has 2 nitrogen and oxygen atoms in total. The summed E-state index contributed by atoms with van der Waals surface area (Å²) in [6.07, 6.45) is 6.12. The van der Waals surface area contributed by atoms with Crippen LogP contribution in [0.25, 0.3) is 0 Å². The molecule has 2 heteroatoms. The predicted molar refractivity (Wildman–Crippen MR) is 72.0 cm³/mol. The molecule has 0 bridgehead atoms. The van der Waals surface area contributed by atoms with Gasteiger partial charge in [-0.1, -0.05) is 48.9 Å². The van der Waals surface area contributed by atoms with Crippen molar-refractivity contribution < 1.29 is 9.53 Å². The zero-order valence-corrected chi connectivity index (χ0v) is 10.9. The van der Waals surface area contributed by atoms with Gasteiger partial charge in [-0.05, 0) is 31.2 Å². The van der Waals surface area contributed by atoms with Gasteiger partial charge in [-0.25, -0.2) is 0 Å². The number of esters is 1. The summed E-state index contributed by atoms with van der Waals surface area (Å²) in [6.45, 7) is 2.53. The third-order valence-electron chi connectivity index (χ3n) is 3.47. The van der Waals surface area contributed by atoms with Crippen LogP contribution in [0.4, 0.5) is 0 Å². The molecule has 0 N–H and O–H groups in total. The molecule has 0 radical (unpaired) electrons. The Morgan fingerprint density at radius 2 is 2.11 bits per heavy atom. The van der Waals surface area contributed by atoms with Gasteiger partial charge in [-0.2, -0.15) is 0 Å². The molecule has 2 rings (SSSR count). The fraction of sp³-hybridized carbons (Fsp3) is 0.438. The minimum absolute atomic E-state index is 0.0436. The van der Waals surface area contributed by atoms with E-state index >= 15 is 0 Å². The summed E-state index contributed by atoms with van der Waals surface area (Å²) >= 11 is 0. The first-order chi connectivity index (χ1) is 8.79. The maximum atomic E-state index is 12.0. The summed E-state index contributed by atoms with van der Waals surface area (Å²) in [4.78, 5) is 12.0. The zero-order chi connectivity index (χ0) is 12.8. The molecule has 0 heterocycles. The third kappa shape index (κ3) is 3.46. The highest BCUT2D eigenvalue weighted by Gasteiger charge is 2.23. The van der Waals surface area contributed by atoms with Gasteiger partial charge in [0.15, 0.2) is 0 Å². The number of benzene rings is 1. The number of carbonyl (C=O) groups excluding carboxylic acids is 1. The second kappa shape index (κ2) is 6.39. The largest absolute Gasteiger partial charge is 0.461 e. The molecule has 0 aromatic heterocycles. The first-order valence-electron chi connectivity index (χ1n) is 6.68. The van der Waals surface area contributed by atoms with Gasteiger partial charge in [0.2, 0.25) is 0 Å². The summed E-state index contributed by atoms with van der Waals surface area (Å²) in [5.74, 6) is 0.0200. The van der Waals surface area contributed by atoms with Crippen molar-refractivity contribution in [1.29, 1.82) is 0 Å². The Balaban J connectivity index is 1.84. The van der Waals surface area contributed by atoms with Crippen LogP contribution in [-0.2, 0) is 16.1 Å². The first-order valence-corrected chi connectivity index (χ1v) is 6.68. The maximum Gasteiger partial charge on any atom is 0.309 e. The smallest absolute Gasteiger partial charge is 0.309 e. The van der Waals surface area contributed by atoms with E-state index in [1.54, 1.807) is 0 Å². The maximum absolute atomic E-state index is 12.0. The van der Waals surface area contributed by atoms with Crippen LogP contribution in [0, 0.1) is 5.92 Å². The number of allylic oxidation sites excluding steroid dienone is 2. The van der Waals surface area contributed by atoms with Crippen molar-refractivity contribution in [3.05, 3.63) is 47.5 Å². The fourth-order valence-electron chi connectivity index (χ4n) is 2.33. The lowest BCUT2D eigenvalue weighted by atomic mass is 9.88. The van der Waals surface area contributed by atoms with Gasteiger partial charge < -0.3 is 4.74 Å². The Kier molecular flexibility index (Phi) is 4.57. The van der Waals surface area contributed by atoms with Crippen molar-refractivity contribution in [3.8, 4) is 0 Å². The highest BCUT2D eigenvalue weighted by Crippen LogP contribution is 2.27. The lowest BCUT2D eigenvalue weighted by Gasteiger charge is -2.20. The minimum atomic E-state index is -0.0436. The van der Waals surface area contributed by atoms with E-state index in [0.29, 0.717) is 6.61 Å². The van der Waals surface area contributed by atoms with E-state index in [0.717, 1.165) is 31.2 Å². The molecule has 0 fully saturated rings. The number of rotatable bonds is 4. The van der Waals surface area contributed by atoms with Crippen molar-refractivity contribution in [2.75, 3.05) is 0 Å². The molecule has 1 aromatic rings. The van der Waals surface area contributed by atoms with Gasteiger partial charge in [-0.3, -0.25) is 4.79 Å². The first kappa shape index (κ1) is 12.9. The third-order valence-corrected chi connectivity index (χ3v) is 3.47. The molecule has 0 saturated carbocycles. The van der Waals surface area contributed by atoms with Crippen LogP contribution in [0.3, 0.4) is 0 Å². The zero-order valence-electron chi connectivity index (χ0n) is 10.9. The fourth-order valence-corrected chi connectivity index (χ4v) is 2.33. The van der Waals surface area contributed by atoms with Gasteiger partial charge in [0.05, 0.1) is 5.92 Å². The predicted octanol–water partition coefficient (Wildman–Crippen LogP) is 3.87. The summed E-state index contributed by atoms with van der Waals surface area (Å²) in [7, 11) is 0. The normalized spacial score (nSPS) is 19.2. The Labute approximate surface area is 109 Å². The molecule has 0 amide bonds. The average molecular weight is 244 g/mol. The Morgan fingerprint density at radius 1 is 1.33 bits per heavy atom. The van der Waals surface area contributed by atoms with Gasteiger partial charge in [-0.15, -0.1) is 0 Å². The van der Waals surface area contributed by atoms with Gasteiger partial charge in [0.1, 0.15) is 6.61 Å². The Morgan fingerprint density at radius 3 is 2.83 bits per heavy atom. The van der Waals surface area contributed by atoms with E-state index in [9.17, 15) is 4.79 Å². The van der Waals surface area contributed by atoms with Crippen molar-refractivity contribution in [1.82, 2.24) is 0 Å². The van der Waals surface area contributed by atoms with Crippen molar-refractivity contribution in [3.63, 3.8) is 0 Å². The monoisotopic (exact) mass is 244 g/mol. The highest BCUT2D eigenvalue weighted by molar-refractivity contribution is 5.73. The van der Waals surface area contributed by atoms with Crippen molar-refractivity contribution in [2.24, 2.45) is 5.92 Å². The number of carbonyl (C=O) groups is 1. The molecule has 1 atom stereocenters. The topological polar surface area (TPSA) is 26.3 Å². The number of hydrogen-bond donors (Lipinski definition) is 0. The Bertz CT molecular complexity index is 420. The molecule has 18 heavy (non-hydrogen) atoms. The van der Waals surface area contributed by atoms with E-state index < -0.39 is 0 Å². The lowest BCUT2D eigenvalue weighted by Crippen LogP contribution is -2.20. The highest BCUT2D eigenvalue weighted by atomic mass is 16.5. The summed E-state index contributed by atoms with van der Waals surface area (Å²) in [5.41, 5.74) is 2.44. The van der Waals surface area contributed by atoms with Crippen molar-refractivity contribution in [2.45, 2.75) is 39.2 Å². The lowest BCUT2D eigenvalue weighted by molar-refractivity contribution is -0.150. The number of ether oxygens (including phenoxy) is 1. The van der Waals surface area contributed by atoms with Crippen LogP contribution in [0.5, 0.6) is 0 Å². The number of hydrogen-bond acceptors (Lipinski definition) is 2. The molecule has 1 unspecified atom stereocenters. The quantitative estimate of drug-likeness (QED) is 0.593. The molecular weight excluding hydrogens is 224 g/mol. The molecule has 96 valence electrons. The molecule has 0 aliphatic heterocycles. The molecule has 1 aliphatic rings.